The Kier molecular flexibility index (Phi) is 4.90. The third-order valence-corrected chi connectivity index (χ3v) is 3.60. The van der Waals surface area contributed by atoms with Crippen LogP contribution in [0.4, 0.5) is 11.4 Å². The molecular formula is C17H16N2O4S. The first kappa shape index (κ1) is 16.2. The van der Waals surface area contributed by atoms with Gasteiger partial charge < -0.3 is 20.1 Å². The van der Waals surface area contributed by atoms with Crippen LogP contribution in [0.3, 0.4) is 0 Å². The SMILES string of the molecule is O=C(CCS)Nc1cccc(NC(=O)c2ccc3c(c2)OCO3)c1. The number of nitrogens with one attached hydrogen (secondary N) is 2. The van der Waals surface area contributed by atoms with Crippen LogP contribution in [0, 0.1) is 0 Å². The first-order valence-corrected chi connectivity index (χ1v) is 8.01. The van der Waals surface area contributed by atoms with Crippen molar-refractivity contribution in [3.63, 3.8) is 0 Å². The fourth-order valence-electron chi connectivity index (χ4n) is 2.24. The fourth-order valence-corrected chi connectivity index (χ4v) is 2.44. The Balaban J connectivity index is 1.69. The highest BCUT2D eigenvalue weighted by molar-refractivity contribution is 7.80. The van der Waals surface area contributed by atoms with Crippen LogP contribution >= 0.6 is 12.6 Å². The summed E-state index contributed by atoms with van der Waals surface area (Å²) in [6.07, 6.45) is 0.330. The van der Waals surface area contributed by atoms with Crippen LogP contribution in [-0.2, 0) is 4.79 Å². The number of anilines is 2. The zero-order valence-corrected chi connectivity index (χ0v) is 13.6. The highest BCUT2D eigenvalue weighted by Gasteiger charge is 2.16. The maximum Gasteiger partial charge on any atom is 0.255 e. The number of benzene rings is 2. The molecule has 0 aliphatic carbocycles. The molecule has 1 aliphatic rings. The van der Waals surface area contributed by atoms with E-state index in [9.17, 15) is 9.59 Å². The second-order valence-electron chi connectivity index (χ2n) is 5.12. The molecule has 0 spiro atoms. The van der Waals surface area contributed by atoms with Gasteiger partial charge in [0.05, 0.1) is 0 Å². The molecule has 0 saturated carbocycles. The summed E-state index contributed by atoms with van der Waals surface area (Å²) >= 11 is 4.02. The molecule has 0 bridgehead atoms. The predicted molar refractivity (Wildman–Crippen MR) is 94.1 cm³/mol. The molecule has 0 fully saturated rings. The zero-order chi connectivity index (χ0) is 16.9. The summed E-state index contributed by atoms with van der Waals surface area (Å²) in [5.41, 5.74) is 1.66. The van der Waals surface area contributed by atoms with Gasteiger partial charge in [-0.3, -0.25) is 9.59 Å². The molecule has 0 saturated heterocycles. The van der Waals surface area contributed by atoms with E-state index in [-0.39, 0.29) is 18.6 Å². The smallest absolute Gasteiger partial charge is 0.255 e. The van der Waals surface area contributed by atoms with Crippen molar-refractivity contribution >= 4 is 35.8 Å². The molecule has 24 heavy (non-hydrogen) atoms. The predicted octanol–water partition coefficient (Wildman–Crippen LogP) is 2.93. The number of hydrogen-bond donors (Lipinski definition) is 3. The van der Waals surface area contributed by atoms with Crippen molar-refractivity contribution in [1.82, 2.24) is 0 Å². The van der Waals surface area contributed by atoms with Crippen molar-refractivity contribution in [3.05, 3.63) is 48.0 Å². The topological polar surface area (TPSA) is 76.7 Å². The summed E-state index contributed by atoms with van der Waals surface area (Å²) in [5, 5.41) is 5.55. The molecule has 2 N–H and O–H groups in total. The Hall–Kier alpha value is -2.67. The van der Waals surface area contributed by atoms with Gasteiger partial charge in [0.2, 0.25) is 12.7 Å². The quantitative estimate of drug-likeness (QED) is 0.729. The Morgan fingerprint density at radius 1 is 1.00 bits per heavy atom. The third kappa shape index (κ3) is 3.80. The molecule has 0 unspecified atom stereocenters. The maximum absolute atomic E-state index is 12.3. The van der Waals surface area contributed by atoms with Crippen molar-refractivity contribution in [2.75, 3.05) is 23.2 Å². The van der Waals surface area contributed by atoms with Gasteiger partial charge in [-0.1, -0.05) is 6.07 Å². The first-order valence-electron chi connectivity index (χ1n) is 7.37. The molecule has 6 nitrogen and oxygen atoms in total. The van der Waals surface area contributed by atoms with Gasteiger partial charge in [0.25, 0.3) is 5.91 Å². The first-order chi connectivity index (χ1) is 11.7. The van der Waals surface area contributed by atoms with Gasteiger partial charge >= 0.3 is 0 Å². The number of rotatable bonds is 5. The van der Waals surface area contributed by atoms with Crippen LogP contribution in [0.5, 0.6) is 11.5 Å². The number of hydrogen-bond acceptors (Lipinski definition) is 5. The second kappa shape index (κ2) is 7.27. The summed E-state index contributed by atoms with van der Waals surface area (Å²) in [6, 6.07) is 12.0. The summed E-state index contributed by atoms with van der Waals surface area (Å²) in [5.74, 6) is 1.26. The maximum atomic E-state index is 12.3. The van der Waals surface area contributed by atoms with E-state index in [1.807, 2.05) is 0 Å². The number of carbonyl (C=O) groups excluding carboxylic acids is 2. The third-order valence-electron chi connectivity index (χ3n) is 3.38. The summed E-state index contributed by atoms with van der Waals surface area (Å²) in [7, 11) is 0. The fraction of sp³-hybridized carbons (Fsp3) is 0.176. The van der Waals surface area contributed by atoms with E-state index in [0.717, 1.165) is 0 Å². The van der Waals surface area contributed by atoms with E-state index in [0.29, 0.717) is 40.6 Å². The summed E-state index contributed by atoms with van der Waals surface area (Å²) < 4.78 is 10.5. The van der Waals surface area contributed by atoms with Crippen LogP contribution in [-0.4, -0.2) is 24.4 Å². The number of carbonyl (C=O) groups is 2. The van der Waals surface area contributed by atoms with Crippen LogP contribution in [0.25, 0.3) is 0 Å². The van der Waals surface area contributed by atoms with Crippen LogP contribution < -0.4 is 20.1 Å². The van der Waals surface area contributed by atoms with Crippen LogP contribution in [0.1, 0.15) is 16.8 Å². The van der Waals surface area contributed by atoms with E-state index in [2.05, 4.69) is 23.3 Å². The molecule has 1 aliphatic heterocycles. The van der Waals surface area contributed by atoms with Crippen molar-refractivity contribution in [3.8, 4) is 11.5 Å². The van der Waals surface area contributed by atoms with E-state index in [1.165, 1.54) is 0 Å². The lowest BCUT2D eigenvalue weighted by Crippen LogP contribution is -2.14. The normalized spacial score (nSPS) is 11.9. The molecule has 0 atom stereocenters. The second-order valence-corrected chi connectivity index (χ2v) is 5.57. The van der Waals surface area contributed by atoms with Crippen LogP contribution in [0.15, 0.2) is 42.5 Å². The van der Waals surface area contributed by atoms with Crippen LogP contribution in [0.2, 0.25) is 0 Å². The minimum absolute atomic E-state index is 0.121. The summed E-state index contributed by atoms with van der Waals surface area (Å²) in [6.45, 7) is 0.161. The number of amides is 2. The standard InChI is InChI=1S/C17H16N2O4S/c20-16(6-7-24)18-12-2-1-3-13(9-12)19-17(21)11-4-5-14-15(8-11)23-10-22-14/h1-5,8-9,24H,6-7,10H2,(H,18,20)(H,19,21). The van der Waals surface area contributed by atoms with E-state index < -0.39 is 0 Å². The molecule has 1 heterocycles. The molecule has 2 aromatic carbocycles. The van der Waals surface area contributed by atoms with Gasteiger partial charge in [0, 0.05) is 23.4 Å². The molecule has 2 amide bonds. The van der Waals surface area contributed by atoms with E-state index >= 15 is 0 Å². The number of thiol groups is 1. The van der Waals surface area contributed by atoms with E-state index in [1.54, 1.807) is 42.5 Å². The van der Waals surface area contributed by atoms with Crippen molar-refractivity contribution < 1.29 is 19.1 Å². The molecule has 124 valence electrons. The lowest BCUT2D eigenvalue weighted by Gasteiger charge is -2.09. The highest BCUT2D eigenvalue weighted by atomic mass is 32.1. The Labute approximate surface area is 144 Å². The molecule has 0 aromatic heterocycles. The Morgan fingerprint density at radius 3 is 2.54 bits per heavy atom. The largest absolute Gasteiger partial charge is 0.454 e. The Morgan fingerprint density at radius 2 is 1.75 bits per heavy atom. The minimum atomic E-state index is -0.271. The van der Waals surface area contributed by atoms with Crippen molar-refractivity contribution in [2.45, 2.75) is 6.42 Å². The minimum Gasteiger partial charge on any atom is -0.454 e. The van der Waals surface area contributed by atoms with Gasteiger partial charge in [-0.2, -0.15) is 12.6 Å². The average Bonchev–Trinajstić information content (AvgIpc) is 3.03. The average molecular weight is 344 g/mol. The van der Waals surface area contributed by atoms with Crippen molar-refractivity contribution in [1.29, 1.82) is 0 Å². The van der Waals surface area contributed by atoms with Gasteiger partial charge in [-0.05, 0) is 42.2 Å². The molecule has 3 rings (SSSR count). The zero-order valence-electron chi connectivity index (χ0n) is 12.7. The monoisotopic (exact) mass is 344 g/mol. The number of fused-ring (bicyclic) bond motifs is 1. The Bertz CT molecular complexity index is 779. The lowest BCUT2D eigenvalue weighted by atomic mass is 10.2. The molecule has 2 aromatic rings. The number of ether oxygens (including phenoxy) is 2. The van der Waals surface area contributed by atoms with Gasteiger partial charge in [0.15, 0.2) is 11.5 Å². The molecule has 0 radical (unpaired) electrons. The molecular weight excluding hydrogens is 328 g/mol. The summed E-state index contributed by atoms with van der Waals surface area (Å²) in [4.78, 5) is 23.9. The lowest BCUT2D eigenvalue weighted by molar-refractivity contribution is -0.115. The molecule has 7 heteroatoms. The van der Waals surface area contributed by atoms with E-state index in [4.69, 9.17) is 9.47 Å². The van der Waals surface area contributed by atoms with Crippen molar-refractivity contribution in [2.24, 2.45) is 0 Å². The van der Waals surface area contributed by atoms with Gasteiger partial charge in [-0.25, -0.2) is 0 Å². The highest BCUT2D eigenvalue weighted by Crippen LogP contribution is 2.32. The van der Waals surface area contributed by atoms with Gasteiger partial charge in [0.1, 0.15) is 0 Å². The van der Waals surface area contributed by atoms with Gasteiger partial charge in [-0.15, -0.1) is 0 Å².